The van der Waals surface area contributed by atoms with E-state index in [1.807, 2.05) is 18.4 Å². The highest BCUT2D eigenvalue weighted by Crippen LogP contribution is 2.09. The average Bonchev–Trinajstić information content (AvgIpc) is 2.83. The minimum atomic E-state index is -0.266. The van der Waals surface area contributed by atoms with Crippen molar-refractivity contribution in [1.29, 1.82) is 0 Å². The molecule has 0 saturated heterocycles. The Bertz CT molecular complexity index is 365. The van der Waals surface area contributed by atoms with Gasteiger partial charge in [0.2, 0.25) is 5.91 Å². The summed E-state index contributed by atoms with van der Waals surface area (Å²) in [5.41, 5.74) is 1.01. The largest absolute Gasteiger partial charge is 0.383 e. The molecular formula is C12H22N4O2. The van der Waals surface area contributed by atoms with Gasteiger partial charge >= 0.3 is 0 Å². The summed E-state index contributed by atoms with van der Waals surface area (Å²) >= 11 is 0. The number of hydrogen-bond acceptors (Lipinski definition) is 4. The molecule has 0 fully saturated rings. The fourth-order valence-corrected chi connectivity index (χ4v) is 1.62. The van der Waals surface area contributed by atoms with Crippen LogP contribution in [0.5, 0.6) is 0 Å². The molecule has 0 bridgehead atoms. The van der Waals surface area contributed by atoms with Crippen LogP contribution in [0, 0.1) is 0 Å². The Hall–Kier alpha value is -1.40. The van der Waals surface area contributed by atoms with Crippen molar-refractivity contribution in [3.05, 3.63) is 18.2 Å². The molecular weight excluding hydrogens is 232 g/mol. The first-order valence-electron chi connectivity index (χ1n) is 6.18. The zero-order valence-corrected chi connectivity index (χ0v) is 11.3. The van der Waals surface area contributed by atoms with Gasteiger partial charge in [-0.05, 0) is 13.5 Å². The molecule has 0 aliphatic heterocycles. The molecule has 0 spiro atoms. The van der Waals surface area contributed by atoms with E-state index in [1.165, 1.54) is 0 Å². The summed E-state index contributed by atoms with van der Waals surface area (Å²) in [6, 6.07) is -0.266. The van der Waals surface area contributed by atoms with E-state index in [0.29, 0.717) is 19.7 Å². The molecule has 1 amide bonds. The summed E-state index contributed by atoms with van der Waals surface area (Å²) in [7, 11) is 1.61. The maximum absolute atomic E-state index is 11.9. The standard InChI is InChI=1S/C12H22N4O2/c1-4-13-7-11-8-14-9-16(11)10(2)12(17)15-5-6-18-3/h8-10,13H,4-7H2,1-3H3,(H,15,17). The molecule has 6 nitrogen and oxygen atoms in total. The molecule has 1 aromatic heterocycles. The Morgan fingerprint density at radius 1 is 1.61 bits per heavy atom. The summed E-state index contributed by atoms with van der Waals surface area (Å²) in [6.07, 6.45) is 3.47. The highest BCUT2D eigenvalue weighted by molar-refractivity contribution is 5.79. The summed E-state index contributed by atoms with van der Waals surface area (Å²) < 4.78 is 6.78. The number of aromatic nitrogens is 2. The molecule has 1 unspecified atom stereocenters. The number of nitrogens with zero attached hydrogens (tertiary/aromatic N) is 2. The predicted octanol–water partition coefficient (Wildman–Crippen LogP) is 0.316. The Morgan fingerprint density at radius 2 is 2.39 bits per heavy atom. The first kappa shape index (κ1) is 14.7. The second kappa shape index (κ2) is 7.84. The molecule has 0 aliphatic carbocycles. The van der Waals surface area contributed by atoms with Gasteiger partial charge in [0.25, 0.3) is 0 Å². The zero-order chi connectivity index (χ0) is 13.4. The van der Waals surface area contributed by atoms with Crippen LogP contribution in [0.15, 0.2) is 12.5 Å². The quantitative estimate of drug-likeness (QED) is 0.655. The van der Waals surface area contributed by atoms with Crippen molar-refractivity contribution in [3.8, 4) is 0 Å². The topological polar surface area (TPSA) is 68.2 Å². The lowest BCUT2D eigenvalue weighted by molar-refractivity contribution is -0.124. The molecule has 2 N–H and O–H groups in total. The lowest BCUT2D eigenvalue weighted by Crippen LogP contribution is -2.34. The van der Waals surface area contributed by atoms with Gasteiger partial charge in [-0.2, -0.15) is 0 Å². The molecule has 0 saturated carbocycles. The van der Waals surface area contributed by atoms with Gasteiger partial charge in [0.05, 0.1) is 18.6 Å². The molecule has 0 aliphatic rings. The SMILES string of the molecule is CCNCc1cncn1C(C)C(=O)NCCOC. The maximum Gasteiger partial charge on any atom is 0.242 e. The molecule has 6 heteroatoms. The van der Waals surface area contributed by atoms with E-state index in [1.54, 1.807) is 19.6 Å². The molecule has 102 valence electrons. The number of ether oxygens (including phenoxy) is 1. The molecule has 18 heavy (non-hydrogen) atoms. The number of carbonyl (C=O) groups is 1. The predicted molar refractivity (Wildman–Crippen MR) is 69.2 cm³/mol. The minimum Gasteiger partial charge on any atom is -0.383 e. The van der Waals surface area contributed by atoms with Gasteiger partial charge in [-0.25, -0.2) is 4.98 Å². The Balaban J connectivity index is 2.56. The van der Waals surface area contributed by atoms with Crippen molar-refractivity contribution in [2.24, 2.45) is 0 Å². The van der Waals surface area contributed by atoms with E-state index in [2.05, 4.69) is 15.6 Å². The third-order valence-corrected chi connectivity index (χ3v) is 2.70. The van der Waals surface area contributed by atoms with Crippen LogP contribution in [0.1, 0.15) is 25.6 Å². The second-order valence-electron chi connectivity index (χ2n) is 4.03. The number of hydrogen-bond donors (Lipinski definition) is 2. The Labute approximate surface area is 108 Å². The number of nitrogens with one attached hydrogen (secondary N) is 2. The van der Waals surface area contributed by atoms with E-state index >= 15 is 0 Å². The normalized spacial score (nSPS) is 12.4. The van der Waals surface area contributed by atoms with Gasteiger partial charge in [-0.1, -0.05) is 6.92 Å². The summed E-state index contributed by atoms with van der Waals surface area (Å²) in [5, 5.41) is 6.05. The molecule has 0 radical (unpaired) electrons. The van der Waals surface area contributed by atoms with Gasteiger partial charge in [0, 0.05) is 26.4 Å². The Morgan fingerprint density at radius 3 is 3.06 bits per heavy atom. The number of amides is 1. The van der Waals surface area contributed by atoms with E-state index in [4.69, 9.17) is 4.74 Å². The zero-order valence-electron chi connectivity index (χ0n) is 11.3. The highest BCUT2D eigenvalue weighted by atomic mass is 16.5. The maximum atomic E-state index is 11.9. The van der Waals surface area contributed by atoms with Gasteiger partial charge in [-0.3, -0.25) is 4.79 Å². The van der Waals surface area contributed by atoms with E-state index in [0.717, 1.165) is 12.2 Å². The molecule has 0 aromatic carbocycles. The van der Waals surface area contributed by atoms with E-state index in [9.17, 15) is 4.79 Å². The van der Waals surface area contributed by atoms with Crippen molar-refractivity contribution in [3.63, 3.8) is 0 Å². The van der Waals surface area contributed by atoms with Crippen LogP contribution in [0.25, 0.3) is 0 Å². The number of methoxy groups -OCH3 is 1. The van der Waals surface area contributed by atoms with Gasteiger partial charge in [0.15, 0.2) is 0 Å². The van der Waals surface area contributed by atoms with Crippen molar-refractivity contribution < 1.29 is 9.53 Å². The average molecular weight is 254 g/mol. The smallest absolute Gasteiger partial charge is 0.242 e. The van der Waals surface area contributed by atoms with Crippen molar-refractivity contribution in [2.75, 3.05) is 26.8 Å². The van der Waals surface area contributed by atoms with E-state index < -0.39 is 0 Å². The lowest BCUT2D eigenvalue weighted by atomic mass is 10.3. The molecule has 1 atom stereocenters. The van der Waals surface area contributed by atoms with Crippen LogP contribution < -0.4 is 10.6 Å². The van der Waals surface area contributed by atoms with Gasteiger partial charge < -0.3 is 19.9 Å². The van der Waals surface area contributed by atoms with Crippen LogP contribution in [-0.4, -0.2) is 42.3 Å². The molecule has 1 aromatic rings. The number of imidazole rings is 1. The van der Waals surface area contributed by atoms with E-state index in [-0.39, 0.29) is 11.9 Å². The summed E-state index contributed by atoms with van der Waals surface area (Å²) in [5.74, 6) is -0.0252. The summed E-state index contributed by atoms with van der Waals surface area (Å²) in [4.78, 5) is 16.0. The number of rotatable bonds is 8. The second-order valence-corrected chi connectivity index (χ2v) is 4.03. The first-order chi connectivity index (χ1) is 8.70. The van der Waals surface area contributed by atoms with Gasteiger partial charge in [-0.15, -0.1) is 0 Å². The van der Waals surface area contributed by atoms with Crippen LogP contribution >= 0.6 is 0 Å². The van der Waals surface area contributed by atoms with Crippen molar-refractivity contribution in [1.82, 2.24) is 20.2 Å². The first-order valence-corrected chi connectivity index (χ1v) is 6.18. The van der Waals surface area contributed by atoms with Crippen LogP contribution in [0.2, 0.25) is 0 Å². The highest BCUT2D eigenvalue weighted by Gasteiger charge is 2.16. The van der Waals surface area contributed by atoms with Crippen LogP contribution in [-0.2, 0) is 16.1 Å². The minimum absolute atomic E-state index is 0.0252. The monoisotopic (exact) mass is 254 g/mol. The van der Waals surface area contributed by atoms with Crippen molar-refractivity contribution in [2.45, 2.75) is 26.4 Å². The lowest BCUT2D eigenvalue weighted by Gasteiger charge is -2.16. The third kappa shape index (κ3) is 4.12. The van der Waals surface area contributed by atoms with Crippen LogP contribution in [0.4, 0.5) is 0 Å². The van der Waals surface area contributed by atoms with Crippen LogP contribution in [0.3, 0.4) is 0 Å². The fourth-order valence-electron chi connectivity index (χ4n) is 1.62. The fraction of sp³-hybridized carbons (Fsp3) is 0.667. The molecule has 1 heterocycles. The Kier molecular flexibility index (Phi) is 6.38. The summed E-state index contributed by atoms with van der Waals surface area (Å²) in [6.45, 7) is 6.55. The van der Waals surface area contributed by atoms with Gasteiger partial charge in [0.1, 0.15) is 6.04 Å². The number of carbonyl (C=O) groups excluding carboxylic acids is 1. The molecule has 1 rings (SSSR count). The van der Waals surface area contributed by atoms with Crippen molar-refractivity contribution >= 4 is 5.91 Å². The third-order valence-electron chi connectivity index (χ3n) is 2.70.